The second kappa shape index (κ2) is 18.0. The number of aliphatic hydroxyl groups is 1. The van der Waals surface area contributed by atoms with E-state index < -0.39 is 0 Å². The Balaban J connectivity index is 3.55. The maximum absolute atomic E-state index is 9.02. The van der Waals surface area contributed by atoms with Crippen molar-refractivity contribution in [2.24, 2.45) is 0 Å². The zero-order chi connectivity index (χ0) is 15.6. The van der Waals surface area contributed by atoms with Gasteiger partial charge in [0.25, 0.3) is 0 Å². The Hall–Kier alpha value is -0.0800. The number of unbranched alkanes of at least 4 members (excludes halogenated alkanes) is 10. The quantitative estimate of drug-likeness (QED) is 0.364. The van der Waals surface area contributed by atoms with Crippen molar-refractivity contribution in [1.82, 2.24) is 4.90 Å². The highest BCUT2D eigenvalue weighted by molar-refractivity contribution is 4.59. The third-order valence-corrected chi connectivity index (χ3v) is 4.29. The van der Waals surface area contributed by atoms with Crippen LogP contribution in [0.3, 0.4) is 0 Å². The number of rotatable bonds is 17. The fraction of sp³-hybridized carbons (Fsp3) is 1.00. The summed E-state index contributed by atoms with van der Waals surface area (Å²) in [5.74, 6) is 0. The molecule has 0 unspecified atom stereocenters. The second-order valence-electron chi connectivity index (χ2n) is 6.45. The Morgan fingerprint density at radius 2 is 0.905 bits per heavy atom. The van der Waals surface area contributed by atoms with Gasteiger partial charge < -0.3 is 10.0 Å². The van der Waals surface area contributed by atoms with Gasteiger partial charge in [-0.05, 0) is 32.4 Å². The summed E-state index contributed by atoms with van der Waals surface area (Å²) < 4.78 is 0. The lowest BCUT2D eigenvalue weighted by atomic mass is 10.1. The highest BCUT2D eigenvalue weighted by Crippen LogP contribution is 2.09. The second-order valence-corrected chi connectivity index (χ2v) is 6.45. The molecule has 2 heteroatoms. The van der Waals surface area contributed by atoms with Crippen molar-refractivity contribution in [3.63, 3.8) is 0 Å². The summed E-state index contributed by atoms with van der Waals surface area (Å²) in [6.07, 6.45) is 17.5. The van der Waals surface area contributed by atoms with Crippen molar-refractivity contribution in [2.45, 2.75) is 97.3 Å². The monoisotopic (exact) mass is 299 g/mol. The molecule has 2 nitrogen and oxygen atoms in total. The molecular weight excluding hydrogens is 258 g/mol. The molecular formula is C19H41NO. The predicted molar refractivity (Wildman–Crippen MR) is 94.9 cm³/mol. The van der Waals surface area contributed by atoms with Crippen LogP contribution in [0.5, 0.6) is 0 Å². The first kappa shape index (κ1) is 20.9. The van der Waals surface area contributed by atoms with Gasteiger partial charge in [-0.25, -0.2) is 0 Å². The van der Waals surface area contributed by atoms with Crippen molar-refractivity contribution in [3.8, 4) is 0 Å². The summed E-state index contributed by atoms with van der Waals surface area (Å²) in [7, 11) is 0. The summed E-state index contributed by atoms with van der Waals surface area (Å²) in [4.78, 5) is 2.58. The van der Waals surface area contributed by atoms with Gasteiger partial charge >= 0.3 is 0 Å². The smallest absolute Gasteiger partial charge is 0.0443 e. The molecule has 0 aromatic carbocycles. The molecule has 0 aliphatic carbocycles. The van der Waals surface area contributed by atoms with Gasteiger partial charge in [-0.3, -0.25) is 0 Å². The molecule has 0 aromatic heterocycles. The topological polar surface area (TPSA) is 23.5 Å². The van der Waals surface area contributed by atoms with E-state index in [0.717, 1.165) is 13.0 Å². The largest absolute Gasteiger partial charge is 0.396 e. The van der Waals surface area contributed by atoms with Gasteiger partial charge in [0, 0.05) is 13.2 Å². The van der Waals surface area contributed by atoms with Gasteiger partial charge in [-0.1, -0.05) is 78.1 Å². The van der Waals surface area contributed by atoms with Crippen LogP contribution in [0.25, 0.3) is 0 Å². The standard InChI is InChI=1S/C19H41NO/c1-3-5-7-9-10-12-14-17-20(18-15-19-21)16-13-11-8-6-4-2/h21H,3-19H2,1-2H3. The minimum absolute atomic E-state index is 0.337. The van der Waals surface area contributed by atoms with Crippen molar-refractivity contribution in [2.75, 3.05) is 26.2 Å². The van der Waals surface area contributed by atoms with Crippen molar-refractivity contribution < 1.29 is 5.11 Å². The Bertz CT molecular complexity index is 184. The van der Waals surface area contributed by atoms with E-state index in [1.165, 1.54) is 90.1 Å². The van der Waals surface area contributed by atoms with Crippen molar-refractivity contribution in [1.29, 1.82) is 0 Å². The lowest BCUT2D eigenvalue weighted by Gasteiger charge is -2.22. The summed E-state index contributed by atoms with van der Waals surface area (Å²) in [6.45, 7) is 8.44. The Labute approximate surface area is 134 Å². The fourth-order valence-corrected chi connectivity index (χ4v) is 2.86. The molecule has 21 heavy (non-hydrogen) atoms. The highest BCUT2D eigenvalue weighted by Gasteiger charge is 2.04. The van der Waals surface area contributed by atoms with E-state index in [9.17, 15) is 0 Å². The lowest BCUT2D eigenvalue weighted by Crippen LogP contribution is -2.27. The van der Waals surface area contributed by atoms with Gasteiger partial charge in [-0.2, -0.15) is 0 Å². The van der Waals surface area contributed by atoms with Crippen LogP contribution in [0.15, 0.2) is 0 Å². The maximum atomic E-state index is 9.02. The minimum atomic E-state index is 0.337. The molecule has 0 fully saturated rings. The third-order valence-electron chi connectivity index (χ3n) is 4.29. The summed E-state index contributed by atoms with van der Waals surface area (Å²) >= 11 is 0. The van der Waals surface area contributed by atoms with Crippen LogP contribution in [0, 0.1) is 0 Å². The number of nitrogens with zero attached hydrogens (tertiary/aromatic N) is 1. The molecule has 0 radical (unpaired) electrons. The first-order valence-corrected chi connectivity index (χ1v) is 9.68. The molecule has 0 heterocycles. The molecule has 0 amide bonds. The fourth-order valence-electron chi connectivity index (χ4n) is 2.86. The molecule has 0 bridgehead atoms. The van der Waals surface area contributed by atoms with Crippen LogP contribution in [0.1, 0.15) is 97.3 Å². The molecule has 0 aliphatic heterocycles. The molecule has 0 saturated carbocycles. The van der Waals surface area contributed by atoms with E-state index in [1.54, 1.807) is 0 Å². The molecule has 0 spiro atoms. The average molecular weight is 300 g/mol. The first-order valence-electron chi connectivity index (χ1n) is 9.68. The molecule has 0 rings (SSSR count). The molecule has 0 atom stereocenters. The molecule has 0 aliphatic rings. The number of aliphatic hydroxyl groups excluding tert-OH is 1. The van der Waals surface area contributed by atoms with Gasteiger partial charge in [-0.15, -0.1) is 0 Å². The molecule has 128 valence electrons. The number of hydrogen-bond acceptors (Lipinski definition) is 2. The Morgan fingerprint density at radius 3 is 1.33 bits per heavy atom. The maximum Gasteiger partial charge on any atom is 0.0443 e. The van der Waals surface area contributed by atoms with Crippen LogP contribution in [0.2, 0.25) is 0 Å². The van der Waals surface area contributed by atoms with Crippen LogP contribution in [0.4, 0.5) is 0 Å². The van der Waals surface area contributed by atoms with Crippen LogP contribution in [-0.2, 0) is 0 Å². The number of hydrogen-bond donors (Lipinski definition) is 1. The zero-order valence-electron chi connectivity index (χ0n) is 14.9. The van der Waals surface area contributed by atoms with Crippen molar-refractivity contribution in [3.05, 3.63) is 0 Å². The molecule has 1 N–H and O–H groups in total. The first-order chi connectivity index (χ1) is 10.3. The normalized spacial score (nSPS) is 11.4. The Morgan fingerprint density at radius 1 is 0.524 bits per heavy atom. The van der Waals surface area contributed by atoms with E-state index in [4.69, 9.17) is 5.11 Å². The minimum Gasteiger partial charge on any atom is -0.396 e. The van der Waals surface area contributed by atoms with Crippen molar-refractivity contribution >= 4 is 0 Å². The van der Waals surface area contributed by atoms with Crippen LogP contribution >= 0.6 is 0 Å². The summed E-state index contributed by atoms with van der Waals surface area (Å²) in [6, 6.07) is 0. The van der Waals surface area contributed by atoms with Gasteiger partial charge in [0.2, 0.25) is 0 Å². The molecule has 0 saturated heterocycles. The van der Waals surface area contributed by atoms with Gasteiger partial charge in [0.1, 0.15) is 0 Å². The summed E-state index contributed by atoms with van der Waals surface area (Å²) in [5, 5.41) is 9.02. The van der Waals surface area contributed by atoms with E-state index in [0.29, 0.717) is 6.61 Å². The average Bonchev–Trinajstić information content (AvgIpc) is 2.50. The summed E-state index contributed by atoms with van der Waals surface area (Å²) in [5.41, 5.74) is 0. The van der Waals surface area contributed by atoms with E-state index >= 15 is 0 Å². The van der Waals surface area contributed by atoms with Gasteiger partial charge in [0.15, 0.2) is 0 Å². The van der Waals surface area contributed by atoms with E-state index in [2.05, 4.69) is 18.7 Å². The highest BCUT2D eigenvalue weighted by atomic mass is 16.3. The predicted octanol–water partition coefficient (Wildman–Crippen LogP) is 5.39. The third kappa shape index (κ3) is 16.1. The van der Waals surface area contributed by atoms with E-state index in [-0.39, 0.29) is 0 Å². The lowest BCUT2D eigenvalue weighted by molar-refractivity contribution is 0.217. The van der Waals surface area contributed by atoms with Gasteiger partial charge in [0.05, 0.1) is 0 Å². The van der Waals surface area contributed by atoms with Crippen LogP contribution < -0.4 is 0 Å². The molecule has 0 aromatic rings. The SMILES string of the molecule is CCCCCCCCCN(CCCO)CCCCCCC. The van der Waals surface area contributed by atoms with Crippen LogP contribution in [-0.4, -0.2) is 36.2 Å². The zero-order valence-corrected chi connectivity index (χ0v) is 14.9. The Kier molecular flexibility index (Phi) is 17.9. The van der Waals surface area contributed by atoms with E-state index in [1.807, 2.05) is 0 Å².